The van der Waals surface area contributed by atoms with E-state index in [-0.39, 0.29) is 16.2 Å². The van der Waals surface area contributed by atoms with E-state index in [1.807, 2.05) is 30.3 Å². The van der Waals surface area contributed by atoms with Gasteiger partial charge in [0.25, 0.3) is 0 Å². The number of rotatable bonds is 3. The van der Waals surface area contributed by atoms with Crippen LogP contribution in [0.2, 0.25) is 0 Å². The highest BCUT2D eigenvalue weighted by Gasteiger charge is 2.38. The molecule has 29 heavy (non-hydrogen) atoms. The fourth-order valence-corrected chi connectivity index (χ4v) is 3.72. The van der Waals surface area contributed by atoms with Gasteiger partial charge < -0.3 is 0 Å². The summed E-state index contributed by atoms with van der Waals surface area (Å²) in [7, 11) is 0. The fourth-order valence-electron chi connectivity index (χ4n) is 2.87. The molecule has 0 radical (unpaired) electrons. The van der Waals surface area contributed by atoms with Gasteiger partial charge in [-0.1, -0.05) is 30.3 Å². The van der Waals surface area contributed by atoms with Crippen LogP contribution in [0, 0.1) is 0 Å². The van der Waals surface area contributed by atoms with Gasteiger partial charge in [0.15, 0.2) is 5.65 Å². The van der Waals surface area contributed by atoms with Crippen LogP contribution in [-0.4, -0.2) is 39.8 Å². The summed E-state index contributed by atoms with van der Waals surface area (Å²) in [5.41, 5.74) is 1.30. The SMILES string of the molecule is FC(F)(F)c1nnc2c(Sc3nnnn3-c3ccccc3)nc3ccccc3n12. The molecule has 0 N–H and O–H groups in total. The Kier molecular flexibility index (Phi) is 3.94. The van der Waals surface area contributed by atoms with Crippen molar-refractivity contribution >= 4 is 28.4 Å². The van der Waals surface area contributed by atoms with Crippen LogP contribution in [0.1, 0.15) is 5.82 Å². The Bertz CT molecular complexity index is 1330. The summed E-state index contributed by atoms with van der Waals surface area (Å²) in [5.74, 6) is -1.12. The van der Waals surface area contributed by atoms with Gasteiger partial charge >= 0.3 is 6.18 Å². The lowest BCUT2D eigenvalue weighted by Crippen LogP contribution is -2.11. The lowest BCUT2D eigenvalue weighted by molar-refractivity contribution is -0.145. The quantitative estimate of drug-likeness (QED) is 0.447. The second-order valence-corrected chi connectivity index (χ2v) is 6.85. The first-order valence-corrected chi connectivity index (χ1v) is 9.07. The molecule has 144 valence electrons. The van der Waals surface area contributed by atoms with Crippen LogP contribution in [0.25, 0.3) is 22.4 Å². The third kappa shape index (κ3) is 2.97. The third-order valence-electron chi connectivity index (χ3n) is 4.08. The van der Waals surface area contributed by atoms with Crippen molar-refractivity contribution < 1.29 is 13.2 Å². The van der Waals surface area contributed by atoms with E-state index in [2.05, 4.69) is 30.7 Å². The molecule has 2 aromatic carbocycles. The number of hydrogen-bond donors (Lipinski definition) is 0. The summed E-state index contributed by atoms with van der Waals surface area (Å²) in [6.45, 7) is 0. The van der Waals surface area contributed by atoms with Crippen LogP contribution in [0.3, 0.4) is 0 Å². The number of aromatic nitrogens is 8. The average Bonchev–Trinajstić information content (AvgIpc) is 3.36. The molecular formula is C17H9F3N8S. The highest BCUT2D eigenvalue weighted by Crippen LogP contribution is 2.34. The number of para-hydroxylation sites is 3. The van der Waals surface area contributed by atoms with Crippen molar-refractivity contribution in [1.29, 1.82) is 0 Å². The molecule has 0 aliphatic carbocycles. The minimum absolute atomic E-state index is 0.0244. The highest BCUT2D eigenvalue weighted by atomic mass is 32.2. The van der Waals surface area contributed by atoms with Crippen LogP contribution in [0.5, 0.6) is 0 Å². The molecule has 0 aliphatic heterocycles. The van der Waals surface area contributed by atoms with Crippen molar-refractivity contribution in [2.45, 2.75) is 16.4 Å². The number of tetrazole rings is 1. The van der Waals surface area contributed by atoms with Gasteiger partial charge in [-0.25, -0.2) is 4.98 Å². The summed E-state index contributed by atoms with van der Waals surface area (Å²) in [6, 6.07) is 15.6. The predicted octanol–water partition coefficient (Wildman–Crippen LogP) is 3.42. The molecule has 3 heterocycles. The molecule has 0 fully saturated rings. The maximum Gasteiger partial charge on any atom is 0.452 e. The van der Waals surface area contributed by atoms with Gasteiger partial charge in [-0.05, 0) is 46.5 Å². The summed E-state index contributed by atoms with van der Waals surface area (Å²) in [6.07, 6.45) is -4.67. The van der Waals surface area contributed by atoms with Gasteiger partial charge in [-0.15, -0.1) is 15.3 Å². The van der Waals surface area contributed by atoms with Gasteiger partial charge in [0.05, 0.1) is 16.7 Å². The lowest BCUT2D eigenvalue weighted by Gasteiger charge is -2.09. The highest BCUT2D eigenvalue weighted by molar-refractivity contribution is 7.99. The number of alkyl halides is 3. The van der Waals surface area contributed by atoms with E-state index in [4.69, 9.17) is 0 Å². The molecular weight excluding hydrogens is 405 g/mol. The van der Waals surface area contributed by atoms with Crippen LogP contribution < -0.4 is 0 Å². The van der Waals surface area contributed by atoms with Crippen molar-refractivity contribution in [3.63, 3.8) is 0 Å². The molecule has 3 aromatic heterocycles. The molecule has 0 amide bonds. The third-order valence-corrected chi connectivity index (χ3v) is 4.99. The maximum atomic E-state index is 13.5. The Morgan fingerprint density at radius 3 is 2.41 bits per heavy atom. The van der Waals surface area contributed by atoms with Crippen molar-refractivity contribution in [2.24, 2.45) is 0 Å². The van der Waals surface area contributed by atoms with Gasteiger partial charge in [0, 0.05) is 0 Å². The fraction of sp³-hybridized carbons (Fsp3) is 0.0588. The molecule has 8 nitrogen and oxygen atoms in total. The largest absolute Gasteiger partial charge is 0.452 e. The summed E-state index contributed by atoms with van der Waals surface area (Å²) < 4.78 is 42.9. The Balaban J connectivity index is 1.71. The molecule has 0 spiro atoms. The van der Waals surface area contributed by atoms with Crippen LogP contribution in [-0.2, 0) is 6.18 Å². The van der Waals surface area contributed by atoms with E-state index >= 15 is 0 Å². The van der Waals surface area contributed by atoms with Crippen LogP contribution >= 0.6 is 11.8 Å². The van der Waals surface area contributed by atoms with Crippen molar-refractivity contribution in [3.05, 3.63) is 60.4 Å². The zero-order valence-electron chi connectivity index (χ0n) is 14.3. The molecule has 5 rings (SSSR count). The number of benzene rings is 2. The number of nitrogens with zero attached hydrogens (tertiary/aromatic N) is 8. The zero-order chi connectivity index (χ0) is 20.0. The van der Waals surface area contributed by atoms with E-state index in [9.17, 15) is 13.2 Å². The topological polar surface area (TPSA) is 86.7 Å². The Labute approximate surface area is 164 Å². The van der Waals surface area contributed by atoms with Gasteiger partial charge in [0.2, 0.25) is 11.0 Å². The summed E-state index contributed by atoms with van der Waals surface area (Å²) >= 11 is 1.01. The summed E-state index contributed by atoms with van der Waals surface area (Å²) in [5, 5.41) is 19.3. The van der Waals surface area contributed by atoms with E-state index in [1.165, 1.54) is 10.7 Å². The van der Waals surface area contributed by atoms with Gasteiger partial charge in [0.1, 0.15) is 5.03 Å². The molecule has 12 heteroatoms. The summed E-state index contributed by atoms with van der Waals surface area (Å²) in [4.78, 5) is 4.47. The Hall–Kier alpha value is -3.54. The molecule has 0 atom stereocenters. The first-order valence-electron chi connectivity index (χ1n) is 8.25. The predicted molar refractivity (Wildman–Crippen MR) is 96.6 cm³/mol. The smallest absolute Gasteiger partial charge is 0.267 e. The number of fused-ring (bicyclic) bond motifs is 3. The van der Waals surface area contributed by atoms with Crippen LogP contribution in [0.15, 0.2) is 64.8 Å². The molecule has 0 bridgehead atoms. The van der Waals surface area contributed by atoms with Crippen molar-refractivity contribution in [2.75, 3.05) is 0 Å². The molecule has 0 saturated heterocycles. The van der Waals surface area contributed by atoms with E-state index < -0.39 is 12.0 Å². The van der Waals surface area contributed by atoms with Crippen LogP contribution in [0.4, 0.5) is 13.2 Å². The first-order chi connectivity index (χ1) is 14.0. The second-order valence-electron chi connectivity index (χ2n) is 5.90. The normalized spacial score (nSPS) is 12.1. The van der Waals surface area contributed by atoms with Gasteiger partial charge in [-0.2, -0.15) is 17.9 Å². The molecule has 0 saturated carbocycles. The molecule has 0 aliphatic rings. The minimum Gasteiger partial charge on any atom is -0.267 e. The second kappa shape index (κ2) is 6.51. The van der Waals surface area contributed by atoms with Gasteiger partial charge in [-0.3, -0.25) is 4.40 Å². The average molecular weight is 414 g/mol. The number of hydrogen-bond acceptors (Lipinski definition) is 7. The monoisotopic (exact) mass is 414 g/mol. The standard InChI is InChI=1S/C17H9F3N8S/c18-17(19,20)15-23-22-13-14(21-11-8-4-5-9-12(11)27(13)15)29-16-24-25-26-28(16)10-6-2-1-3-7-10/h1-9H. The molecule has 5 aromatic rings. The minimum atomic E-state index is -4.67. The maximum absolute atomic E-state index is 13.5. The van der Waals surface area contributed by atoms with E-state index in [0.717, 1.165) is 16.2 Å². The van der Waals surface area contributed by atoms with E-state index in [0.29, 0.717) is 16.4 Å². The van der Waals surface area contributed by atoms with Crippen molar-refractivity contribution in [1.82, 2.24) is 39.8 Å². The molecule has 0 unspecified atom stereocenters. The number of halogens is 3. The zero-order valence-corrected chi connectivity index (χ0v) is 15.1. The Morgan fingerprint density at radius 1 is 0.862 bits per heavy atom. The van der Waals surface area contributed by atoms with Crippen molar-refractivity contribution in [3.8, 4) is 5.69 Å². The van der Waals surface area contributed by atoms with E-state index in [1.54, 1.807) is 18.2 Å². The lowest BCUT2D eigenvalue weighted by atomic mass is 10.3. The first kappa shape index (κ1) is 17.6. The Morgan fingerprint density at radius 2 is 1.62 bits per heavy atom.